The summed E-state index contributed by atoms with van der Waals surface area (Å²) in [6, 6.07) is 7.58. The molecule has 4 nitrogen and oxygen atoms in total. The minimum Gasteiger partial charge on any atom is -0.321 e. The van der Waals surface area contributed by atoms with Crippen LogP contribution in [0.5, 0.6) is 0 Å². The van der Waals surface area contributed by atoms with E-state index in [4.69, 9.17) is 5.26 Å². The van der Waals surface area contributed by atoms with E-state index in [0.717, 1.165) is 16.8 Å². The van der Waals surface area contributed by atoms with Gasteiger partial charge in [-0.3, -0.25) is 10.1 Å². The summed E-state index contributed by atoms with van der Waals surface area (Å²) >= 11 is 0. The van der Waals surface area contributed by atoms with Crippen LogP contribution >= 0.6 is 0 Å². The largest absolute Gasteiger partial charge is 0.321 e. The van der Waals surface area contributed by atoms with Crippen molar-refractivity contribution in [2.45, 2.75) is 13.0 Å². The number of hydrogen-bond acceptors (Lipinski definition) is 3. The Kier molecular flexibility index (Phi) is 3.26. The van der Waals surface area contributed by atoms with E-state index < -0.39 is 0 Å². The van der Waals surface area contributed by atoms with Gasteiger partial charge in [0.05, 0.1) is 0 Å². The van der Waals surface area contributed by atoms with Gasteiger partial charge in [0.2, 0.25) is 0 Å². The molecule has 0 fully saturated rings. The predicted molar refractivity (Wildman–Crippen MR) is 76.9 cm³/mol. The molecule has 2 aliphatic rings. The highest BCUT2D eigenvalue weighted by Crippen LogP contribution is 2.33. The molecular weight excluding hydrogens is 254 g/mol. The third-order valence-corrected chi connectivity index (χ3v) is 3.61. The monoisotopic (exact) mass is 269 g/mol. The molecule has 1 amide bonds. The van der Waals surface area contributed by atoms with Crippen LogP contribution in [0, 0.1) is 5.92 Å². The molecule has 1 aromatic carbocycles. The molecule has 1 aliphatic carbocycles. The van der Waals surface area contributed by atoms with Gasteiger partial charge in [0, 0.05) is 22.7 Å². The number of anilines is 1. The Balaban J connectivity index is 1.97. The van der Waals surface area contributed by atoms with E-state index in [1.54, 1.807) is 0 Å². The van der Waals surface area contributed by atoms with Crippen molar-refractivity contribution in [2.75, 3.05) is 5.32 Å². The molecule has 3 rings (SSSR count). The van der Waals surface area contributed by atoms with Crippen LogP contribution in [0.3, 0.4) is 0 Å². The normalized spacial score (nSPS) is 26.4. The summed E-state index contributed by atoms with van der Waals surface area (Å²) in [5.41, 5.74) is 3.20. The minimum atomic E-state index is -0.383. The molecule has 2 unspecified atom stereocenters. The van der Waals surface area contributed by atoms with Gasteiger partial charge in [-0.05, 0) is 23.8 Å². The fourth-order valence-corrected chi connectivity index (χ4v) is 2.44. The first-order valence-electron chi connectivity index (χ1n) is 6.52. The highest BCUT2D eigenvalue weighted by Gasteiger charge is 2.24. The Bertz CT molecular complexity index is 643. The lowest BCUT2D eigenvalue weighted by Gasteiger charge is -2.18. The quantitative estimate of drug-likeness (QED) is 0.493. The third kappa shape index (κ3) is 2.19. The third-order valence-electron chi connectivity index (χ3n) is 3.61. The van der Waals surface area contributed by atoms with E-state index in [1.807, 2.05) is 55.5 Å². The fraction of sp³-hybridized carbons (Fsp3) is 0.188. The summed E-state index contributed by atoms with van der Waals surface area (Å²) in [4.78, 5) is 16.4. The standard InChI is InChI=1S/C16H15NO3/c1-10-6-7-11(9-15(10)20-19)8-13-12-4-2-3-5-14(12)17-16(13)18/h2-10,15,19H,1H3,(H,17,18)/b13-8+. The van der Waals surface area contributed by atoms with Gasteiger partial charge in [0.1, 0.15) is 6.10 Å². The molecule has 2 atom stereocenters. The van der Waals surface area contributed by atoms with Crippen LogP contribution in [0.25, 0.3) is 5.57 Å². The maximum atomic E-state index is 12.0. The number of carbonyl (C=O) groups is 1. The molecular formula is C16H15NO3. The zero-order chi connectivity index (χ0) is 14.1. The van der Waals surface area contributed by atoms with E-state index in [2.05, 4.69) is 10.2 Å². The number of fused-ring (bicyclic) bond motifs is 1. The van der Waals surface area contributed by atoms with E-state index in [9.17, 15) is 4.79 Å². The van der Waals surface area contributed by atoms with E-state index in [1.165, 1.54) is 0 Å². The Hall–Kier alpha value is -2.17. The van der Waals surface area contributed by atoms with E-state index in [-0.39, 0.29) is 17.9 Å². The molecule has 1 heterocycles. The van der Waals surface area contributed by atoms with Crippen molar-refractivity contribution >= 4 is 17.2 Å². The average Bonchev–Trinajstić information content (AvgIpc) is 2.77. The van der Waals surface area contributed by atoms with Gasteiger partial charge in [-0.1, -0.05) is 37.3 Å². The molecule has 0 aromatic heterocycles. The zero-order valence-electron chi connectivity index (χ0n) is 11.0. The van der Waals surface area contributed by atoms with Gasteiger partial charge in [-0.15, -0.1) is 0 Å². The number of rotatable bonds is 2. The number of carbonyl (C=O) groups excluding carboxylic acids is 1. The van der Waals surface area contributed by atoms with Crippen LogP contribution in [0.2, 0.25) is 0 Å². The number of para-hydroxylation sites is 1. The van der Waals surface area contributed by atoms with Crippen molar-refractivity contribution in [2.24, 2.45) is 5.92 Å². The molecule has 0 saturated heterocycles. The molecule has 1 aromatic rings. The van der Waals surface area contributed by atoms with Gasteiger partial charge in [-0.25, -0.2) is 4.89 Å². The lowest BCUT2D eigenvalue weighted by Crippen LogP contribution is -2.19. The predicted octanol–water partition coefficient (Wildman–Crippen LogP) is 3.01. The molecule has 0 spiro atoms. The molecule has 20 heavy (non-hydrogen) atoms. The Morgan fingerprint density at radius 2 is 2.15 bits per heavy atom. The van der Waals surface area contributed by atoms with Crippen molar-refractivity contribution in [3.05, 3.63) is 59.7 Å². The molecule has 4 heteroatoms. The number of benzene rings is 1. The topological polar surface area (TPSA) is 58.6 Å². The van der Waals surface area contributed by atoms with Crippen LogP contribution in [-0.2, 0) is 9.68 Å². The highest BCUT2D eigenvalue weighted by molar-refractivity contribution is 6.31. The molecule has 0 bridgehead atoms. The summed E-state index contributed by atoms with van der Waals surface area (Å²) in [7, 11) is 0. The van der Waals surface area contributed by atoms with Gasteiger partial charge >= 0.3 is 0 Å². The summed E-state index contributed by atoms with van der Waals surface area (Å²) in [5, 5.41) is 11.7. The average molecular weight is 269 g/mol. The minimum absolute atomic E-state index is 0.104. The smallest absolute Gasteiger partial charge is 0.256 e. The van der Waals surface area contributed by atoms with E-state index >= 15 is 0 Å². The second-order valence-corrected chi connectivity index (χ2v) is 5.01. The van der Waals surface area contributed by atoms with Crippen molar-refractivity contribution < 1.29 is 14.9 Å². The number of amides is 1. The van der Waals surface area contributed by atoms with Gasteiger partial charge in [-0.2, -0.15) is 0 Å². The fourth-order valence-electron chi connectivity index (χ4n) is 2.44. The second-order valence-electron chi connectivity index (χ2n) is 5.01. The zero-order valence-corrected chi connectivity index (χ0v) is 11.0. The summed E-state index contributed by atoms with van der Waals surface area (Å²) in [5.74, 6) is -0.00701. The number of allylic oxidation sites excluding steroid dienone is 3. The van der Waals surface area contributed by atoms with Crippen LogP contribution in [0.15, 0.2) is 54.1 Å². The number of hydrogen-bond donors (Lipinski definition) is 2. The van der Waals surface area contributed by atoms with Crippen LogP contribution in [0.1, 0.15) is 12.5 Å². The summed E-state index contributed by atoms with van der Waals surface area (Å²) in [6.45, 7) is 1.95. The summed E-state index contributed by atoms with van der Waals surface area (Å²) in [6.07, 6.45) is 7.13. The van der Waals surface area contributed by atoms with Crippen LogP contribution < -0.4 is 5.32 Å². The lowest BCUT2D eigenvalue weighted by molar-refractivity contribution is -0.272. The first-order valence-corrected chi connectivity index (χ1v) is 6.52. The van der Waals surface area contributed by atoms with Gasteiger partial charge in [0.15, 0.2) is 0 Å². The Morgan fingerprint density at radius 1 is 1.35 bits per heavy atom. The van der Waals surface area contributed by atoms with Crippen molar-refractivity contribution in [1.29, 1.82) is 0 Å². The van der Waals surface area contributed by atoms with Crippen molar-refractivity contribution in [3.63, 3.8) is 0 Å². The van der Waals surface area contributed by atoms with Crippen molar-refractivity contribution in [1.82, 2.24) is 0 Å². The SMILES string of the molecule is CC1C=CC(/C=C2/C(=O)Nc3ccccc32)=CC1OO. The molecule has 102 valence electrons. The lowest BCUT2D eigenvalue weighted by atomic mass is 9.93. The van der Waals surface area contributed by atoms with E-state index in [0.29, 0.717) is 5.57 Å². The molecule has 0 saturated carbocycles. The maximum Gasteiger partial charge on any atom is 0.256 e. The second kappa shape index (κ2) is 5.07. The Morgan fingerprint density at radius 3 is 2.95 bits per heavy atom. The van der Waals surface area contributed by atoms with Crippen LogP contribution in [-0.4, -0.2) is 17.3 Å². The van der Waals surface area contributed by atoms with Crippen LogP contribution in [0.4, 0.5) is 5.69 Å². The highest BCUT2D eigenvalue weighted by atomic mass is 17.1. The van der Waals surface area contributed by atoms with Crippen molar-refractivity contribution in [3.8, 4) is 0 Å². The first kappa shape index (κ1) is 12.8. The van der Waals surface area contributed by atoms with Gasteiger partial charge < -0.3 is 5.32 Å². The first-order chi connectivity index (χ1) is 9.69. The summed E-state index contributed by atoms with van der Waals surface area (Å²) < 4.78 is 0. The maximum absolute atomic E-state index is 12.0. The molecule has 2 N–H and O–H groups in total. The van der Waals surface area contributed by atoms with Gasteiger partial charge in [0.25, 0.3) is 5.91 Å². The number of nitrogens with one attached hydrogen (secondary N) is 1. The molecule has 1 aliphatic heterocycles. The molecule has 0 radical (unpaired) electrons. The Labute approximate surface area is 117 Å².